The van der Waals surface area contributed by atoms with E-state index < -0.39 is 5.82 Å². The first-order valence-electron chi connectivity index (χ1n) is 6.05. The normalized spacial score (nSPS) is 9.90. The Hall–Kier alpha value is -1.73. The molecule has 0 radical (unpaired) electrons. The summed E-state index contributed by atoms with van der Waals surface area (Å²) in [6.07, 6.45) is 0. The molecule has 0 saturated heterocycles. The number of hydrogen-bond donors (Lipinski definition) is 1. The summed E-state index contributed by atoms with van der Waals surface area (Å²) in [7, 11) is 0. The Morgan fingerprint density at radius 2 is 1.95 bits per heavy atom. The number of ether oxygens (including phenoxy) is 1. The third-order valence-electron chi connectivity index (χ3n) is 2.56. The quantitative estimate of drug-likeness (QED) is 0.863. The van der Waals surface area contributed by atoms with E-state index in [2.05, 4.69) is 11.8 Å². The lowest BCUT2D eigenvalue weighted by molar-refractivity contribution is 0.306. The zero-order chi connectivity index (χ0) is 15.2. The standard InChI is InChI=1S/C16H11Cl2FO2/c17-13-3-4-16(15(18)9-13)21-10-12-6-11(2-1-5-20)7-14(19)8-12/h3-4,6-9,20H,5,10H2. The first-order valence-corrected chi connectivity index (χ1v) is 6.81. The van der Waals surface area contributed by atoms with E-state index in [1.807, 2.05) is 0 Å². The molecule has 0 fully saturated rings. The van der Waals surface area contributed by atoms with Crippen LogP contribution in [0.4, 0.5) is 4.39 Å². The summed E-state index contributed by atoms with van der Waals surface area (Å²) >= 11 is 11.8. The van der Waals surface area contributed by atoms with E-state index in [4.69, 9.17) is 33.0 Å². The maximum Gasteiger partial charge on any atom is 0.138 e. The van der Waals surface area contributed by atoms with Gasteiger partial charge in [-0.25, -0.2) is 4.39 Å². The van der Waals surface area contributed by atoms with Gasteiger partial charge in [0, 0.05) is 10.6 Å². The second-order valence-electron chi connectivity index (χ2n) is 4.17. The van der Waals surface area contributed by atoms with Crippen molar-refractivity contribution < 1.29 is 14.2 Å². The SMILES string of the molecule is OCC#Cc1cc(F)cc(COc2ccc(Cl)cc2Cl)c1. The Kier molecular flexibility index (Phi) is 5.46. The van der Waals surface area contributed by atoms with Gasteiger partial charge < -0.3 is 9.84 Å². The van der Waals surface area contributed by atoms with Crippen LogP contribution in [0.5, 0.6) is 5.75 Å². The molecule has 0 spiro atoms. The van der Waals surface area contributed by atoms with Crippen LogP contribution >= 0.6 is 23.2 Å². The Labute approximate surface area is 132 Å². The molecule has 0 aliphatic carbocycles. The molecular formula is C16H11Cl2FO2. The molecule has 108 valence electrons. The van der Waals surface area contributed by atoms with Crippen LogP contribution in [-0.4, -0.2) is 11.7 Å². The van der Waals surface area contributed by atoms with Gasteiger partial charge in [-0.1, -0.05) is 35.0 Å². The minimum absolute atomic E-state index is 0.146. The Bertz CT molecular complexity index is 705. The van der Waals surface area contributed by atoms with Crippen molar-refractivity contribution in [1.29, 1.82) is 0 Å². The molecule has 0 aromatic heterocycles. The first kappa shape index (κ1) is 15.7. The molecule has 0 bridgehead atoms. The Balaban J connectivity index is 2.14. The highest BCUT2D eigenvalue weighted by atomic mass is 35.5. The fourth-order valence-electron chi connectivity index (χ4n) is 1.70. The summed E-state index contributed by atoms with van der Waals surface area (Å²) in [6.45, 7) is -0.129. The summed E-state index contributed by atoms with van der Waals surface area (Å²) in [5.41, 5.74) is 1.09. The van der Waals surface area contributed by atoms with Crippen LogP contribution in [0.2, 0.25) is 10.0 Å². The third kappa shape index (κ3) is 4.64. The van der Waals surface area contributed by atoms with Gasteiger partial charge >= 0.3 is 0 Å². The van der Waals surface area contributed by atoms with Crippen LogP contribution in [0.25, 0.3) is 0 Å². The second kappa shape index (κ2) is 7.33. The van der Waals surface area contributed by atoms with Crippen molar-refractivity contribution >= 4 is 23.2 Å². The lowest BCUT2D eigenvalue weighted by Gasteiger charge is -2.09. The van der Waals surface area contributed by atoms with Crippen LogP contribution in [0.3, 0.4) is 0 Å². The third-order valence-corrected chi connectivity index (χ3v) is 3.09. The summed E-state index contributed by atoms with van der Waals surface area (Å²) in [6, 6.07) is 9.22. The van der Waals surface area contributed by atoms with Crippen molar-refractivity contribution in [3.8, 4) is 17.6 Å². The minimum atomic E-state index is -0.416. The van der Waals surface area contributed by atoms with Gasteiger partial charge in [0.2, 0.25) is 0 Å². The molecule has 1 N–H and O–H groups in total. The maximum absolute atomic E-state index is 13.5. The van der Waals surface area contributed by atoms with Crippen LogP contribution in [0, 0.1) is 17.7 Å². The predicted molar refractivity (Wildman–Crippen MR) is 81.2 cm³/mol. The van der Waals surface area contributed by atoms with E-state index in [0.29, 0.717) is 26.9 Å². The van der Waals surface area contributed by atoms with Crippen molar-refractivity contribution in [3.63, 3.8) is 0 Å². The highest BCUT2D eigenvalue weighted by Crippen LogP contribution is 2.28. The largest absolute Gasteiger partial charge is 0.487 e. The molecule has 0 unspecified atom stereocenters. The number of aliphatic hydroxyl groups excluding tert-OH is 1. The van der Waals surface area contributed by atoms with Crippen LogP contribution in [0.15, 0.2) is 36.4 Å². The van der Waals surface area contributed by atoms with E-state index in [1.54, 1.807) is 24.3 Å². The average Bonchev–Trinajstić information content (AvgIpc) is 2.43. The van der Waals surface area contributed by atoms with Crippen LogP contribution < -0.4 is 4.74 Å². The number of aliphatic hydroxyl groups is 1. The Morgan fingerprint density at radius 1 is 1.14 bits per heavy atom. The molecule has 0 saturated carbocycles. The minimum Gasteiger partial charge on any atom is -0.487 e. The highest BCUT2D eigenvalue weighted by molar-refractivity contribution is 6.35. The highest BCUT2D eigenvalue weighted by Gasteiger charge is 2.05. The number of hydrogen-bond acceptors (Lipinski definition) is 2. The molecular weight excluding hydrogens is 314 g/mol. The second-order valence-corrected chi connectivity index (χ2v) is 5.02. The fourth-order valence-corrected chi connectivity index (χ4v) is 2.16. The molecule has 0 amide bonds. The molecule has 2 nitrogen and oxygen atoms in total. The summed E-state index contributed by atoms with van der Waals surface area (Å²) in [5, 5.41) is 9.56. The van der Waals surface area contributed by atoms with Crippen LogP contribution in [0.1, 0.15) is 11.1 Å². The van der Waals surface area contributed by atoms with E-state index in [0.717, 1.165) is 0 Å². The summed E-state index contributed by atoms with van der Waals surface area (Å²) < 4.78 is 19.0. The van der Waals surface area contributed by atoms with Gasteiger partial charge in [0.25, 0.3) is 0 Å². The van der Waals surface area contributed by atoms with Crippen molar-refractivity contribution in [1.82, 2.24) is 0 Å². The van der Waals surface area contributed by atoms with Gasteiger partial charge in [-0.15, -0.1) is 0 Å². The molecule has 2 aromatic carbocycles. The van der Waals surface area contributed by atoms with Gasteiger partial charge in [-0.3, -0.25) is 0 Å². The van der Waals surface area contributed by atoms with Crippen molar-refractivity contribution in [2.24, 2.45) is 0 Å². The van der Waals surface area contributed by atoms with Crippen LogP contribution in [-0.2, 0) is 6.61 Å². The zero-order valence-corrected chi connectivity index (χ0v) is 12.4. The van der Waals surface area contributed by atoms with Gasteiger partial charge in [0.05, 0.1) is 5.02 Å². The molecule has 0 aliphatic rings. The Morgan fingerprint density at radius 3 is 2.67 bits per heavy atom. The number of halogens is 3. The molecule has 2 aromatic rings. The monoisotopic (exact) mass is 324 g/mol. The average molecular weight is 325 g/mol. The lowest BCUT2D eigenvalue weighted by Crippen LogP contribution is -1.97. The maximum atomic E-state index is 13.5. The molecule has 5 heteroatoms. The van der Waals surface area contributed by atoms with E-state index in [9.17, 15) is 4.39 Å². The number of benzene rings is 2. The van der Waals surface area contributed by atoms with Gasteiger partial charge in [0.1, 0.15) is 24.8 Å². The zero-order valence-electron chi connectivity index (χ0n) is 10.9. The van der Waals surface area contributed by atoms with E-state index >= 15 is 0 Å². The lowest BCUT2D eigenvalue weighted by atomic mass is 10.1. The van der Waals surface area contributed by atoms with Gasteiger partial charge in [-0.05, 0) is 42.0 Å². The van der Waals surface area contributed by atoms with Gasteiger partial charge in [0.15, 0.2) is 0 Å². The van der Waals surface area contributed by atoms with E-state index in [1.165, 1.54) is 12.1 Å². The van der Waals surface area contributed by atoms with E-state index in [-0.39, 0.29) is 13.2 Å². The smallest absolute Gasteiger partial charge is 0.138 e. The molecule has 0 heterocycles. The van der Waals surface area contributed by atoms with Crippen molar-refractivity contribution in [2.45, 2.75) is 6.61 Å². The summed E-state index contributed by atoms with van der Waals surface area (Å²) in [4.78, 5) is 0. The summed E-state index contributed by atoms with van der Waals surface area (Å²) in [5.74, 6) is 5.17. The fraction of sp³-hybridized carbons (Fsp3) is 0.125. The number of rotatable bonds is 3. The molecule has 0 atom stereocenters. The van der Waals surface area contributed by atoms with Crippen molar-refractivity contribution in [2.75, 3.05) is 6.61 Å². The molecule has 0 aliphatic heterocycles. The first-order chi connectivity index (χ1) is 10.1. The van der Waals surface area contributed by atoms with Crippen molar-refractivity contribution in [3.05, 3.63) is 63.4 Å². The van der Waals surface area contributed by atoms with Gasteiger partial charge in [-0.2, -0.15) is 0 Å². The topological polar surface area (TPSA) is 29.5 Å². The molecule has 2 rings (SSSR count). The predicted octanol–water partition coefficient (Wildman–Crippen LogP) is 4.06. The molecule has 21 heavy (non-hydrogen) atoms.